The fourth-order valence-corrected chi connectivity index (χ4v) is 2.30. The third-order valence-corrected chi connectivity index (χ3v) is 3.49. The molecule has 1 aliphatic rings. The Hall–Kier alpha value is -1.84. The summed E-state index contributed by atoms with van der Waals surface area (Å²) in [7, 11) is 0. The van der Waals surface area contributed by atoms with Crippen molar-refractivity contribution in [1.82, 2.24) is 9.97 Å². The molecule has 17 heavy (non-hydrogen) atoms. The van der Waals surface area contributed by atoms with E-state index in [1.165, 1.54) is 0 Å². The van der Waals surface area contributed by atoms with Gasteiger partial charge in [-0.05, 0) is 31.5 Å². The van der Waals surface area contributed by atoms with E-state index in [2.05, 4.69) is 22.2 Å². The fraction of sp³-hybridized carbons (Fsp3) is 0.385. The van der Waals surface area contributed by atoms with Gasteiger partial charge in [-0.3, -0.25) is 4.79 Å². The van der Waals surface area contributed by atoms with Gasteiger partial charge in [0.1, 0.15) is 5.82 Å². The van der Waals surface area contributed by atoms with Crippen molar-refractivity contribution in [3.05, 3.63) is 23.5 Å². The number of aromatic amines is 1. The zero-order chi connectivity index (χ0) is 12.2. The summed E-state index contributed by atoms with van der Waals surface area (Å²) in [6, 6.07) is 3.99. The maximum absolute atomic E-state index is 11.8. The molecule has 0 atom stereocenters. The van der Waals surface area contributed by atoms with Crippen molar-refractivity contribution in [3.63, 3.8) is 0 Å². The van der Waals surface area contributed by atoms with Gasteiger partial charge in [0, 0.05) is 12.1 Å². The van der Waals surface area contributed by atoms with Crippen LogP contribution in [-0.4, -0.2) is 15.9 Å². The number of carbonyl (C=O) groups is 1. The summed E-state index contributed by atoms with van der Waals surface area (Å²) in [5, 5.41) is 2.91. The van der Waals surface area contributed by atoms with E-state index < -0.39 is 5.41 Å². The molecule has 0 aliphatic carbocycles. The molecule has 1 aromatic carbocycles. The van der Waals surface area contributed by atoms with Gasteiger partial charge in [0.15, 0.2) is 0 Å². The number of nitrogens with one attached hydrogen (secondary N) is 2. The number of hydrogen-bond acceptors (Lipinski definition) is 2. The smallest absolute Gasteiger partial charge is 0.234 e. The van der Waals surface area contributed by atoms with Crippen LogP contribution in [0.5, 0.6) is 0 Å². The summed E-state index contributed by atoms with van der Waals surface area (Å²) in [5.41, 5.74) is 3.40. The highest BCUT2D eigenvalue weighted by Gasteiger charge is 2.38. The highest BCUT2D eigenvalue weighted by molar-refractivity contribution is 6.07. The van der Waals surface area contributed by atoms with Crippen molar-refractivity contribution >= 4 is 22.6 Å². The largest absolute Gasteiger partial charge is 0.342 e. The molecule has 4 nitrogen and oxygen atoms in total. The van der Waals surface area contributed by atoms with Gasteiger partial charge in [-0.2, -0.15) is 0 Å². The minimum atomic E-state index is -0.457. The normalized spacial score (nSPS) is 17.2. The molecule has 1 aliphatic heterocycles. The van der Waals surface area contributed by atoms with Gasteiger partial charge in [-0.15, -0.1) is 0 Å². The van der Waals surface area contributed by atoms with Crippen LogP contribution in [-0.2, 0) is 16.6 Å². The number of aryl methyl sites for hydroxylation is 1. The molecule has 2 N–H and O–H groups in total. The lowest BCUT2D eigenvalue weighted by Crippen LogP contribution is -2.26. The third-order valence-electron chi connectivity index (χ3n) is 3.49. The number of imidazole rings is 1. The Labute approximate surface area is 99.4 Å². The number of H-pyrrole nitrogens is 1. The topological polar surface area (TPSA) is 57.8 Å². The molecule has 2 aromatic rings. The molecule has 1 aromatic heterocycles. The zero-order valence-corrected chi connectivity index (χ0v) is 10.2. The summed E-state index contributed by atoms with van der Waals surface area (Å²) in [4.78, 5) is 19.6. The Morgan fingerprint density at radius 1 is 1.35 bits per heavy atom. The number of rotatable bonds is 1. The summed E-state index contributed by atoms with van der Waals surface area (Å²) in [6.45, 7) is 5.95. The molecule has 0 radical (unpaired) electrons. The minimum absolute atomic E-state index is 0.0517. The van der Waals surface area contributed by atoms with E-state index in [0.717, 1.165) is 34.5 Å². The molecule has 1 amide bonds. The van der Waals surface area contributed by atoms with E-state index in [1.54, 1.807) is 0 Å². The second kappa shape index (κ2) is 3.09. The van der Waals surface area contributed by atoms with E-state index in [0.29, 0.717) is 0 Å². The van der Waals surface area contributed by atoms with E-state index in [-0.39, 0.29) is 5.91 Å². The number of anilines is 1. The first-order valence-electron chi connectivity index (χ1n) is 5.87. The Morgan fingerprint density at radius 2 is 2.12 bits per heavy atom. The van der Waals surface area contributed by atoms with Gasteiger partial charge in [0.25, 0.3) is 0 Å². The van der Waals surface area contributed by atoms with E-state index >= 15 is 0 Å². The van der Waals surface area contributed by atoms with Crippen LogP contribution in [0.1, 0.15) is 32.2 Å². The van der Waals surface area contributed by atoms with Gasteiger partial charge in [0.2, 0.25) is 5.91 Å². The highest BCUT2D eigenvalue weighted by Crippen LogP contribution is 2.39. The molecule has 3 rings (SSSR count). The molecule has 0 fully saturated rings. The second-order valence-electron chi connectivity index (χ2n) is 5.03. The van der Waals surface area contributed by atoms with E-state index in [4.69, 9.17) is 0 Å². The van der Waals surface area contributed by atoms with Crippen molar-refractivity contribution < 1.29 is 4.79 Å². The molecule has 4 heteroatoms. The van der Waals surface area contributed by atoms with Crippen LogP contribution < -0.4 is 5.32 Å². The lowest BCUT2D eigenvalue weighted by molar-refractivity contribution is -0.119. The van der Waals surface area contributed by atoms with Crippen LogP contribution in [0.25, 0.3) is 11.0 Å². The summed E-state index contributed by atoms with van der Waals surface area (Å²) in [5.74, 6) is 1.03. The maximum atomic E-state index is 11.8. The predicted octanol–water partition coefficient (Wildman–Crippen LogP) is 2.35. The van der Waals surface area contributed by atoms with Crippen LogP contribution in [0, 0.1) is 0 Å². The van der Waals surface area contributed by atoms with Crippen LogP contribution in [0.4, 0.5) is 5.69 Å². The Bertz CT molecular complexity index is 625. The molecular formula is C13H15N3O. The number of fused-ring (bicyclic) bond motifs is 2. The summed E-state index contributed by atoms with van der Waals surface area (Å²) >= 11 is 0. The number of amides is 1. The van der Waals surface area contributed by atoms with Crippen molar-refractivity contribution in [2.75, 3.05) is 5.32 Å². The van der Waals surface area contributed by atoms with Gasteiger partial charge >= 0.3 is 0 Å². The number of hydrogen-bond donors (Lipinski definition) is 2. The Morgan fingerprint density at radius 3 is 2.82 bits per heavy atom. The van der Waals surface area contributed by atoms with Crippen LogP contribution in [0.3, 0.4) is 0 Å². The maximum Gasteiger partial charge on any atom is 0.234 e. The number of benzene rings is 1. The average Bonchev–Trinajstić information content (AvgIpc) is 2.77. The molecule has 0 spiro atoms. The predicted molar refractivity (Wildman–Crippen MR) is 67.1 cm³/mol. The van der Waals surface area contributed by atoms with Crippen molar-refractivity contribution in [2.24, 2.45) is 0 Å². The molecule has 88 valence electrons. The number of aromatic nitrogens is 2. The van der Waals surface area contributed by atoms with Gasteiger partial charge in [0.05, 0.1) is 16.4 Å². The molecule has 2 heterocycles. The first kappa shape index (κ1) is 10.3. The SMILES string of the molecule is CCc1nc2cc3c(cc2[nH]1)C(C)(C)C(=O)N3. The molecule has 0 saturated heterocycles. The second-order valence-corrected chi connectivity index (χ2v) is 5.03. The van der Waals surface area contributed by atoms with Crippen molar-refractivity contribution in [3.8, 4) is 0 Å². The Balaban J connectivity index is 2.26. The van der Waals surface area contributed by atoms with Crippen LogP contribution >= 0.6 is 0 Å². The number of nitrogens with zero attached hydrogens (tertiary/aromatic N) is 1. The van der Waals surface area contributed by atoms with Crippen LogP contribution in [0.2, 0.25) is 0 Å². The lowest BCUT2D eigenvalue weighted by atomic mass is 9.86. The third kappa shape index (κ3) is 1.30. The first-order chi connectivity index (χ1) is 8.02. The Kier molecular flexibility index (Phi) is 1.88. The summed E-state index contributed by atoms with van der Waals surface area (Å²) in [6.07, 6.45) is 0.884. The number of carbonyl (C=O) groups excluding carboxylic acids is 1. The molecule has 0 bridgehead atoms. The molecule has 0 saturated carbocycles. The standard InChI is InChI=1S/C13H15N3O/c1-4-11-14-9-5-7-8(6-10(9)15-11)16-12(17)13(7,2)3/h5-6H,4H2,1-3H3,(H,14,15)(H,16,17). The lowest BCUT2D eigenvalue weighted by Gasteiger charge is -2.14. The van der Waals surface area contributed by atoms with Crippen LogP contribution in [0.15, 0.2) is 12.1 Å². The first-order valence-corrected chi connectivity index (χ1v) is 5.87. The quantitative estimate of drug-likeness (QED) is 0.788. The average molecular weight is 229 g/mol. The minimum Gasteiger partial charge on any atom is -0.342 e. The molecular weight excluding hydrogens is 214 g/mol. The monoisotopic (exact) mass is 229 g/mol. The van der Waals surface area contributed by atoms with Gasteiger partial charge in [-0.25, -0.2) is 4.98 Å². The fourth-order valence-electron chi connectivity index (χ4n) is 2.30. The van der Waals surface area contributed by atoms with E-state index in [9.17, 15) is 4.79 Å². The zero-order valence-electron chi connectivity index (χ0n) is 10.2. The summed E-state index contributed by atoms with van der Waals surface area (Å²) < 4.78 is 0. The van der Waals surface area contributed by atoms with Gasteiger partial charge in [-0.1, -0.05) is 6.92 Å². The van der Waals surface area contributed by atoms with Crippen molar-refractivity contribution in [2.45, 2.75) is 32.6 Å². The highest BCUT2D eigenvalue weighted by atomic mass is 16.2. The van der Waals surface area contributed by atoms with Gasteiger partial charge < -0.3 is 10.3 Å². The molecule has 0 unspecified atom stereocenters. The van der Waals surface area contributed by atoms with Crippen molar-refractivity contribution in [1.29, 1.82) is 0 Å². The van der Waals surface area contributed by atoms with E-state index in [1.807, 2.05) is 26.0 Å².